The molecule has 2 unspecified atom stereocenters. The molecule has 0 bridgehead atoms. The molecular formula is C12H27N3. The number of rotatable bonds is 5. The van der Waals surface area contributed by atoms with E-state index in [1.807, 2.05) is 0 Å². The first-order valence-corrected chi connectivity index (χ1v) is 6.27. The summed E-state index contributed by atoms with van der Waals surface area (Å²) in [5, 5.41) is 3.43. The van der Waals surface area contributed by atoms with Crippen LogP contribution < -0.4 is 5.32 Å². The molecule has 1 aliphatic heterocycles. The molecule has 0 amide bonds. The Morgan fingerprint density at radius 3 is 2.67 bits per heavy atom. The average Bonchev–Trinajstić information content (AvgIpc) is 2.21. The minimum atomic E-state index is 0.667. The average molecular weight is 213 g/mol. The first-order valence-electron chi connectivity index (χ1n) is 6.27. The molecule has 90 valence electrons. The summed E-state index contributed by atoms with van der Waals surface area (Å²) in [5.74, 6) is 0. The van der Waals surface area contributed by atoms with Gasteiger partial charge in [0.2, 0.25) is 0 Å². The van der Waals surface area contributed by atoms with Gasteiger partial charge in [-0.1, -0.05) is 13.3 Å². The van der Waals surface area contributed by atoms with E-state index in [-0.39, 0.29) is 0 Å². The molecule has 0 saturated carbocycles. The Morgan fingerprint density at radius 1 is 1.40 bits per heavy atom. The molecule has 0 aromatic rings. The lowest BCUT2D eigenvalue weighted by Gasteiger charge is -2.39. The normalized spacial score (nSPS) is 26.8. The van der Waals surface area contributed by atoms with E-state index in [1.165, 1.54) is 39.0 Å². The first-order chi connectivity index (χ1) is 7.17. The van der Waals surface area contributed by atoms with Gasteiger partial charge in [0.1, 0.15) is 0 Å². The number of piperazine rings is 1. The minimum Gasteiger partial charge on any atom is -0.316 e. The molecule has 1 aliphatic rings. The third-order valence-corrected chi connectivity index (χ3v) is 3.47. The van der Waals surface area contributed by atoms with Gasteiger partial charge in [0.25, 0.3) is 0 Å². The van der Waals surface area contributed by atoms with Crippen LogP contribution in [0.4, 0.5) is 0 Å². The van der Waals surface area contributed by atoms with E-state index in [2.05, 4.69) is 43.1 Å². The van der Waals surface area contributed by atoms with Gasteiger partial charge in [0, 0.05) is 38.3 Å². The zero-order valence-electron chi connectivity index (χ0n) is 10.8. The van der Waals surface area contributed by atoms with Crippen molar-refractivity contribution in [1.29, 1.82) is 0 Å². The summed E-state index contributed by atoms with van der Waals surface area (Å²) in [5.41, 5.74) is 0. The van der Waals surface area contributed by atoms with Crippen molar-refractivity contribution in [2.75, 3.05) is 40.3 Å². The molecule has 1 fully saturated rings. The Kier molecular flexibility index (Phi) is 5.58. The molecular weight excluding hydrogens is 186 g/mol. The molecule has 1 heterocycles. The lowest BCUT2D eigenvalue weighted by atomic mass is 10.1. The number of hydrogen-bond donors (Lipinski definition) is 1. The molecule has 0 aromatic carbocycles. The van der Waals surface area contributed by atoms with Crippen LogP contribution in [0, 0.1) is 0 Å². The number of likely N-dealkylation sites (N-methyl/N-ethyl adjacent to an activating group) is 2. The van der Waals surface area contributed by atoms with Crippen LogP contribution in [0.2, 0.25) is 0 Å². The predicted molar refractivity (Wildman–Crippen MR) is 66.3 cm³/mol. The van der Waals surface area contributed by atoms with Crippen molar-refractivity contribution in [3.8, 4) is 0 Å². The van der Waals surface area contributed by atoms with E-state index in [0.717, 1.165) is 0 Å². The van der Waals surface area contributed by atoms with Crippen molar-refractivity contribution < 1.29 is 0 Å². The van der Waals surface area contributed by atoms with E-state index in [1.54, 1.807) is 0 Å². The lowest BCUT2D eigenvalue weighted by Crippen LogP contribution is -2.53. The van der Waals surface area contributed by atoms with Gasteiger partial charge in [-0.15, -0.1) is 0 Å². The van der Waals surface area contributed by atoms with Crippen LogP contribution in [-0.2, 0) is 0 Å². The van der Waals surface area contributed by atoms with Gasteiger partial charge in [-0.25, -0.2) is 0 Å². The van der Waals surface area contributed by atoms with Gasteiger partial charge in [0.05, 0.1) is 0 Å². The van der Waals surface area contributed by atoms with Crippen LogP contribution >= 0.6 is 0 Å². The van der Waals surface area contributed by atoms with Crippen molar-refractivity contribution in [2.45, 2.75) is 38.8 Å². The van der Waals surface area contributed by atoms with Gasteiger partial charge < -0.3 is 10.2 Å². The SMILES string of the molecule is CCCC(CN1CCN(C)CC1C)NC. The Bertz CT molecular complexity index is 172. The summed E-state index contributed by atoms with van der Waals surface area (Å²) in [6, 6.07) is 1.37. The zero-order valence-corrected chi connectivity index (χ0v) is 10.8. The summed E-state index contributed by atoms with van der Waals surface area (Å²) in [7, 11) is 4.30. The fraction of sp³-hybridized carbons (Fsp3) is 1.00. The van der Waals surface area contributed by atoms with E-state index in [0.29, 0.717) is 12.1 Å². The van der Waals surface area contributed by atoms with E-state index >= 15 is 0 Å². The topological polar surface area (TPSA) is 18.5 Å². The summed E-state index contributed by atoms with van der Waals surface area (Å²) in [6.45, 7) is 9.46. The second-order valence-electron chi connectivity index (χ2n) is 4.88. The zero-order chi connectivity index (χ0) is 11.3. The summed E-state index contributed by atoms with van der Waals surface area (Å²) in [6.07, 6.45) is 2.56. The van der Waals surface area contributed by atoms with Crippen LogP contribution in [0.25, 0.3) is 0 Å². The van der Waals surface area contributed by atoms with E-state index in [4.69, 9.17) is 0 Å². The van der Waals surface area contributed by atoms with Gasteiger partial charge in [-0.2, -0.15) is 0 Å². The van der Waals surface area contributed by atoms with Crippen LogP contribution in [-0.4, -0.2) is 62.2 Å². The Balaban J connectivity index is 2.35. The number of hydrogen-bond acceptors (Lipinski definition) is 3. The first kappa shape index (κ1) is 12.9. The van der Waals surface area contributed by atoms with Crippen molar-refractivity contribution in [3.63, 3.8) is 0 Å². The molecule has 0 radical (unpaired) electrons. The molecule has 2 atom stereocenters. The standard InChI is InChI=1S/C12H27N3/c1-5-6-12(13-3)10-15-8-7-14(4)9-11(15)2/h11-13H,5-10H2,1-4H3. The van der Waals surface area contributed by atoms with Crippen molar-refractivity contribution in [2.24, 2.45) is 0 Å². The van der Waals surface area contributed by atoms with Gasteiger partial charge in [-0.3, -0.25) is 4.90 Å². The quantitative estimate of drug-likeness (QED) is 0.735. The Labute approximate surface area is 94.8 Å². The monoisotopic (exact) mass is 213 g/mol. The number of nitrogens with one attached hydrogen (secondary N) is 1. The highest BCUT2D eigenvalue weighted by atomic mass is 15.3. The second kappa shape index (κ2) is 6.46. The maximum atomic E-state index is 3.43. The van der Waals surface area contributed by atoms with Gasteiger partial charge in [0.15, 0.2) is 0 Å². The summed E-state index contributed by atoms with van der Waals surface area (Å²) < 4.78 is 0. The maximum absolute atomic E-state index is 3.43. The van der Waals surface area contributed by atoms with Gasteiger partial charge in [-0.05, 0) is 27.4 Å². The second-order valence-corrected chi connectivity index (χ2v) is 4.88. The highest BCUT2D eigenvalue weighted by molar-refractivity contribution is 4.80. The van der Waals surface area contributed by atoms with Crippen LogP contribution in [0.3, 0.4) is 0 Å². The van der Waals surface area contributed by atoms with Gasteiger partial charge >= 0.3 is 0 Å². The molecule has 0 spiro atoms. The Morgan fingerprint density at radius 2 is 2.13 bits per heavy atom. The third-order valence-electron chi connectivity index (χ3n) is 3.47. The lowest BCUT2D eigenvalue weighted by molar-refractivity contribution is 0.0902. The predicted octanol–water partition coefficient (Wildman–Crippen LogP) is 1.01. The van der Waals surface area contributed by atoms with Crippen LogP contribution in [0.15, 0.2) is 0 Å². The van der Waals surface area contributed by atoms with E-state index in [9.17, 15) is 0 Å². The smallest absolute Gasteiger partial charge is 0.0195 e. The summed E-state index contributed by atoms with van der Waals surface area (Å²) >= 11 is 0. The molecule has 0 aromatic heterocycles. The number of nitrogens with zero attached hydrogens (tertiary/aromatic N) is 2. The third kappa shape index (κ3) is 4.09. The molecule has 1 saturated heterocycles. The van der Waals surface area contributed by atoms with Crippen LogP contribution in [0.1, 0.15) is 26.7 Å². The Hall–Kier alpha value is -0.120. The summed E-state index contributed by atoms with van der Waals surface area (Å²) in [4.78, 5) is 5.05. The van der Waals surface area contributed by atoms with E-state index < -0.39 is 0 Å². The fourth-order valence-corrected chi connectivity index (χ4v) is 2.41. The molecule has 3 nitrogen and oxygen atoms in total. The van der Waals surface area contributed by atoms with Crippen LogP contribution in [0.5, 0.6) is 0 Å². The van der Waals surface area contributed by atoms with Crippen molar-refractivity contribution in [3.05, 3.63) is 0 Å². The van der Waals surface area contributed by atoms with Crippen molar-refractivity contribution in [1.82, 2.24) is 15.1 Å². The van der Waals surface area contributed by atoms with Crippen molar-refractivity contribution >= 4 is 0 Å². The molecule has 1 N–H and O–H groups in total. The highest BCUT2D eigenvalue weighted by Crippen LogP contribution is 2.09. The fourth-order valence-electron chi connectivity index (χ4n) is 2.41. The molecule has 0 aliphatic carbocycles. The largest absolute Gasteiger partial charge is 0.316 e. The minimum absolute atomic E-state index is 0.667. The molecule has 1 rings (SSSR count). The molecule has 3 heteroatoms. The maximum Gasteiger partial charge on any atom is 0.0195 e. The molecule has 15 heavy (non-hydrogen) atoms. The highest BCUT2D eigenvalue weighted by Gasteiger charge is 2.22.